The summed E-state index contributed by atoms with van der Waals surface area (Å²) in [6.07, 6.45) is 0. The van der Waals surface area contributed by atoms with Gasteiger partial charge in [-0.05, 0) is 49.4 Å². The summed E-state index contributed by atoms with van der Waals surface area (Å²) in [5, 5.41) is 9.77. The summed E-state index contributed by atoms with van der Waals surface area (Å²) in [5.74, 6) is 1.75. The molecule has 26 heavy (non-hydrogen) atoms. The van der Waals surface area contributed by atoms with Crippen molar-refractivity contribution in [1.82, 2.24) is 9.97 Å². The van der Waals surface area contributed by atoms with Crippen molar-refractivity contribution < 1.29 is 4.74 Å². The van der Waals surface area contributed by atoms with Crippen LogP contribution in [-0.2, 0) is 0 Å². The maximum Gasteiger partial charge on any atom is 0.230 e. The number of benzene rings is 3. The number of para-hydroxylation sites is 1. The molecule has 0 aliphatic rings. The normalized spacial score (nSPS) is 10.5. The van der Waals surface area contributed by atoms with Crippen LogP contribution in [0.15, 0.2) is 72.8 Å². The summed E-state index contributed by atoms with van der Waals surface area (Å²) < 4.78 is 6.02. The van der Waals surface area contributed by atoms with Gasteiger partial charge in [-0.2, -0.15) is 10.2 Å². The van der Waals surface area contributed by atoms with E-state index in [1.54, 1.807) is 24.3 Å². The van der Waals surface area contributed by atoms with Crippen LogP contribution < -0.4 is 4.74 Å². The Morgan fingerprint density at radius 3 is 2.46 bits per heavy atom. The van der Waals surface area contributed by atoms with Crippen molar-refractivity contribution in [3.8, 4) is 29.1 Å². The number of aryl methyl sites for hydroxylation is 1. The van der Waals surface area contributed by atoms with E-state index in [1.165, 1.54) is 0 Å². The Labute approximate surface area is 151 Å². The van der Waals surface area contributed by atoms with Gasteiger partial charge in [0, 0.05) is 5.56 Å². The molecule has 0 saturated heterocycles. The Morgan fingerprint density at radius 1 is 0.885 bits per heavy atom. The van der Waals surface area contributed by atoms with E-state index in [0.717, 1.165) is 22.0 Å². The highest BCUT2D eigenvalue weighted by Crippen LogP contribution is 2.30. The molecule has 0 N–H and O–H groups in total. The second-order valence-electron chi connectivity index (χ2n) is 5.98. The Hall–Kier alpha value is -3.71. The fourth-order valence-corrected chi connectivity index (χ4v) is 2.75. The molecule has 0 aliphatic carbocycles. The van der Waals surface area contributed by atoms with Crippen LogP contribution in [0.3, 0.4) is 0 Å². The topological polar surface area (TPSA) is 58.8 Å². The van der Waals surface area contributed by atoms with Crippen LogP contribution in [0.2, 0.25) is 0 Å². The highest BCUT2D eigenvalue weighted by Gasteiger charge is 2.11. The number of fused-ring (bicyclic) bond motifs is 1. The number of hydrogen-bond acceptors (Lipinski definition) is 4. The minimum Gasteiger partial charge on any atom is -0.438 e. The molecule has 1 heterocycles. The van der Waals surface area contributed by atoms with Crippen LogP contribution in [0.4, 0.5) is 0 Å². The van der Waals surface area contributed by atoms with Gasteiger partial charge in [-0.1, -0.05) is 35.9 Å². The van der Waals surface area contributed by atoms with Crippen LogP contribution in [-0.4, -0.2) is 9.97 Å². The number of nitriles is 1. The lowest BCUT2D eigenvalue weighted by molar-refractivity contribution is 0.469. The standard InChI is InChI=1S/C22H15N3O/c1-15-5-4-6-17(13-15)21-24-20-8-3-2-7-19(20)22(25-21)26-18-11-9-16(14-23)10-12-18/h2-13H,1H3. The van der Waals surface area contributed by atoms with Crippen molar-refractivity contribution in [3.05, 3.63) is 83.9 Å². The van der Waals surface area contributed by atoms with Crippen molar-refractivity contribution in [2.45, 2.75) is 6.92 Å². The maximum absolute atomic E-state index is 8.93. The van der Waals surface area contributed by atoms with E-state index >= 15 is 0 Å². The van der Waals surface area contributed by atoms with Crippen molar-refractivity contribution in [2.24, 2.45) is 0 Å². The monoisotopic (exact) mass is 337 g/mol. The van der Waals surface area contributed by atoms with Crippen molar-refractivity contribution in [3.63, 3.8) is 0 Å². The molecular weight excluding hydrogens is 322 g/mol. The van der Waals surface area contributed by atoms with Gasteiger partial charge in [-0.15, -0.1) is 0 Å². The quantitative estimate of drug-likeness (QED) is 0.511. The lowest BCUT2D eigenvalue weighted by Crippen LogP contribution is -1.96. The molecule has 0 saturated carbocycles. The van der Waals surface area contributed by atoms with Crippen molar-refractivity contribution >= 4 is 10.9 Å². The van der Waals surface area contributed by atoms with Crippen LogP contribution in [0.1, 0.15) is 11.1 Å². The number of nitrogens with zero attached hydrogens (tertiary/aromatic N) is 3. The first-order valence-electron chi connectivity index (χ1n) is 8.25. The molecule has 1 aromatic heterocycles. The number of ether oxygens (including phenoxy) is 1. The summed E-state index contributed by atoms with van der Waals surface area (Å²) in [6.45, 7) is 2.04. The van der Waals surface area contributed by atoms with Crippen LogP contribution in [0, 0.1) is 18.3 Å². The molecule has 4 nitrogen and oxygen atoms in total. The Morgan fingerprint density at radius 2 is 1.69 bits per heavy atom. The third-order valence-electron chi connectivity index (χ3n) is 4.04. The molecular formula is C22H15N3O. The zero-order chi connectivity index (χ0) is 17.9. The van der Waals surface area contributed by atoms with Gasteiger partial charge in [-0.25, -0.2) is 4.98 Å². The summed E-state index contributed by atoms with van der Waals surface area (Å²) in [7, 11) is 0. The summed E-state index contributed by atoms with van der Waals surface area (Å²) in [6, 6.07) is 24.9. The zero-order valence-corrected chi connectivity index (χ0v) is 14.2. The molecule has 0 amide bonds. The van der Waals surface area contributed by atoms with Crippen LogP contribution in [0.5, 0.6) is 11.6 Å². The van der Waals surface area contributed by atoms with Crippen molar-refractivity contribution in [1.29, 1.82) is 5.26 Å². The first-order chi connectivity index (χ1) is 12.7. The SMILES string of the molecule is Cc1cccc(-c2nc(Oc3ccc(C#N)cc3)c3ccccc3n2)c1. The average Bonchev–Trinajstić information content (AvgIpc) is 2.68. The van der Waals surface area contributed by atoms with Crippen molar-refractivity contribution in [2.75, 3.05) is 0 Å². The molecule has 0 fully saturated rings. The molecule has 3 aromatic carbocycles. The first-order valence-corrected chi connectivity index (χ1v) is 8.25. The predicted octanol–water partition coefficient (Wildman–Crippen LogP) is 5.27. The number of hydrogen-bond donors (Lipinski definition) is 0. The summed E-state index contributed by atoms with van der Waals surface area (Å²) in [4.78, 5) is 9.33. The third kappa shape index (κ3) is 3.11. The Bertz CT molecular complexity index is 1130. The maximum atomic E-state index is 8.93. The Balaban J connectivity index is 1.83. The minimum atomic E-state index is 0.497. The Kier molecular flexibility index (Phi) is 4.04. The van der Waals surface area contributed by atoms with Crippen LogP contribution >= 0.6 is 0 Å². The van der Waals surface area contributed by atoms with Gasteiger partial charge >= 0.3 is 0 Å². The van der Waals surface area contributed by atoms with E-state index in [4.69, 9.17) is 10.00 Å². The molecule has 0 radical (unpaired) electrons. The molecule has 0 unspecified atom stereocenters. The van der Waals surface area contributed by atoms with E-state index in [2.05, 4.69) is 22.1 Å². The summed E-state index contributed by atoms with van der Waals surface area (Å²) in [5.41, 5.74) is 3.50. The number of rotatable bonds is 3. The fraction of sp³-hybridized carbons (Fsp3) is 0.0455. The summed E-state index contributed by atoms with van der Waals surface area (Å²) >= 11 is 0. The van der Waals surface area contributed by atoms with Gasteiger partial charge in [0.15, 0.2) is 5.82 Å². The molecule has 0 aliphatic heterocycles. The zero-order valence-electron chi connectivity index (χ0n) is 14.2. The molecule has 0 atom stereocenters. The van der Waals surface area contributed by atoms with Gasteiger partial charge in [0.2, 0.25) is 5.88 Å². The molecule has 4 rings (SSSR count). The van der Waals surface area contributed by atoms with Gasteiger partial charge in [0.05, 0.1) is 22.5 Å². The van der Waals surface area contributed by atoms with E-state index < -0.39 is 0 Å². The highest BCUT2D eigenvalue weighted by molar-refractivity contribution is 5.85. The van der Waals surface area contributed by atoms with Gasteiger partial charge in [0.1, 0.15) is 5.75 Å². The lowest BCUT2D eigenvalue weighted by atomic mass is 10.1. The van der Waals surface area contributed by atoms with E-state index in [-0.39, 0.29) is 0 Å². The third-order valence-corrected chi connectivity index (χ3v) is 4.04. The largest absolute Gasteiger partial charge is 0.438 e. The lowest BCUT2D eigenvalue weighted by Gasteiger charge is -2.10. The van der Waals surface area contributed by atoms with E-state index in [1.807, 2.05) is 49.4 Å². The highest BCUT2D eigenvalue weighted by atomic mass is 16.5. The molecule has 4 heteroatoms. The number of aromatic nitrogens is 2. The molecule has 0 bridgehead atoms. The predicted molar refractivity (Wildman–Crippen MR) is 101 cm³/mol. The van der Waals surface area contributed by atoms with Gasteiger partial charge in [0.25, 0.3) is 0 Å². The van der Waals surface area contributed by atoms with Gasteiger partial charge in [-0.3, -0.25) is 0 Å². The minimum absolute atomic E-state index is 0.497. The fourth-order valence-electron chi connectivity index (χ4n) is 2.75. The van der Waals surface area contributed by atoms with Crippen LogP contribution in [0.25, 0.3) is 22.3 Å². The first kappa shape index (κ1) is 15.8. The smallest absolute Gasteiger partial charge is 0.230 e. The molecule has 4 aromatic rings. The van der Waals surface area contributed by atoms with Gasteiger partial charge < -0.3 is 4.74 Å². The second-order valence-corrected chi connectivity index (χ2v) is 5.98. The molecule has 0 spiro atoms. The molecule has 124 valence electrons. The average molecular weight is 337 g/mol. The second kappa shape index (κ2) is 6.66. The van der Waals surface area contributed by atoms with E-state index in [9.17, 15) is 0 Å². The van der Waals surface area contributed by atoms with E-state index in [0.29, 0.717) is 23.0 Å².